The van der Waals surface area contributed by atoms with Crippen molar-refractivity contribution in [1.29, 1.82) is 0 Å². The molecule has 2 rings (SSSR count). The Balaban J connectivity index is 2.34. The third-order valence-corrected chi connectivity index (χ3v) is 3.62. The average Bonchev–Trinajstić information content (AvgIpc) is 2.37. The van der Waals surface area contributed by atoms with Gasteiger partial charge in [0.25, 0.3) is 0 Å². The maximum Gasteiger partial charge on any atom is 0.248 e. The van der Waals surface area contributed by atoms with Crippen molar-refractivity contribution < 1.29 is 4.79 Å². The van der Waals surface area contributed by atoms with Crippen molar-refractivity contribution >= 4 is 5.91 Å². The maximum atomic E-state index is 11.2. The first kappa shape index (κ1) is 12.8. The maximum absolute atomic E-state index is 11.2. The summed E-state index contributed by atoms with van der Waals surface area (Å²) in [7, 11) is 0. The zero-order valence-corrected chi connectivity index (χ0v) is 10.9. The van der Waals surface area contributed by atoms with Crippen molar-refractivity contribution in [3.8, 4) is 0 Å². The lowest BCUT2D eigenvalue weighted by molar-refractivity contribution is 0.1000. The SMILES string of the molecule is C=CCN1Cc2ccc(C(N)=O)cc2C(CC)C1. The zero-order valence-electron chi connectivity index (χ0n) is 10.9. The van der Waals surface area contributed by atoms with Crippen molar-refractivity contribution in [2.45, 2.75) is 25.8 Å². The first-order chi connectivity index (χ1) is 8.65. The number of fused-ring (bicyclic) bond motifs is 1. The molecule has 3 heteroatoms. The molecule has 0 saturated carbocycles. The topological polar surface area (TPSA) is 46.3 Å². The van der Waals surface area contributed by atoms with E-state index in [1.54, 1.807) is 0 Å². The van der Waals surface area contributed by atoms with Crippen LogP contribution in [0.5, 0.6) is 0 Å². The second kappa shape index (κ2) is 5.36. The minimum Gasteiger partial charge on any atom is -0.366 e. The molecule has 3 nitrogen and oxygen atoms in total. The predicted octanol–water partition coefficient (Wildman–Crippen LogP) is 2.28. The van der Waals surface area contributed by atoms with E-state index in [0.29, 0.717) is 11.5 Å². The first-order valence-corrected chi connectivity index (χ1v) is 6.41. The standard InChI is InChI=1S/C15H20N2O/c1-3-7-17-9-11(4-2)14-8-12(15(16)18)5-6-13(14)10-17/h3,5-6,8,11H,1,4,7,9-10H2,2H3,(H2,16,18). The van der Waals surface area contributed by atoms with Crippen LogP contribution >= 0.6 is 0 Å². The molecule has 96 valence electrons. The lowest BCUT2D eigenvalue weighted by Gasteiger charge is -2.34. The molecule has 1 unspecified atom stereocenters. The Hall–Kier alpha value is -1.61. The monoisotopic (exact) mass is 244 g/mol. The zero-order chi connectivity index (χ0) is 13.1. The molecule has 0 radical (unpaired) electrons. The fraction of sp³-hybridized carbons (Fsp3) is 0.400. The normalized spacial score (nSPS) is 19.3. The van der Waals surface area contributed by atoms with Crippen molar-refractivity contribution in [3.05, 3.63) is 47.5 Å². The molecular weight excluding hydrogens is 224 g/mol. The van der Waals surface area contributed by atoms with Crippen molar-refractivity contribution in [1.82, 2.24) is 4.90 Å². The summed E-state index contributed by atoms with van der Waals surface area (Å²) in [4.78, 5) is 13.6. The molecule has 1 amide bonds. The molecule has 18 heavy (non-hydrogen) atoms. The highest BCUT2D eigenvalue weighted by atomic mass is 16.1. The lowest BCUT2D eigenvalue weighted by Crippen LogP contribution is -2.33. The van der Waals surface area contributed by atoms with Gasteiger partial charge in [-0.15, -0.1) is 6.58 Å². The molecular formula is C15H20N2O. The van der Waals surface area contributed by atoms with Crippen LogP contribution in [0.1, 0.15) is 40.7 Å². The van der Waals surface area contributed by atoms with E-state index in [0.717, 1.165) is 26.1 Å². The van der Waals surface area contributed by atoms with E-state index in [1.807, 2.05) is 24.3 Å². The van der Waals surface area contributed by atoms with Crippen LogP contribution in [0.25, 0.3) is 0 Å². The van der Waals surface area contributed by atoms with Crippen LogP contribution in [0.2, 0.25) is 0 Å². The number of benzene rings is 1. The number of primary amides is 1. The van der Waals surface area contributed by atoms with E-state index in [9.17, 15) is 4.79 Å². The molecule has 1 aliphatic heterocycles. The van der Waals surface area contributed by atoms with E-state index in [-0.39, 0.29) is 5.91 Å². The van der Waals surface area contributed by atoms with Gasteiger partial charge in [0.1, 0.15) is 0 Å². The Morgan fingerprint density at radius 2 is 2.39 bits per heavy atom. The van der Waals surface area contributed by atoms with Gasteiger partial charge in [0, 0.05) is 25.2 Å². The summed E-state index contributed by atoms with van der Waals surface area (Å²) in [6.07, 6.45) is 3.01. The van der Waals surface area contributed by atoms with Gasteiger partial charge in [0.2, 0.25) is 5.91 Å². The third kappa shape index (κ3) is 2.46. The van der Waals surface area contributed by atoms with Gasteiger partial charge in [-0.1, -0.05) is 19.1 Å². The van der Waals surface area contributed by atoms with Gasteiger partial charge >= 0.3 is 0 Å². The third-order valence-electron chi connectivity index (χ3n) is 3.62. The molecule has 2 N–H and O–H groups in total. The molecule has 0 fully saturated rings. The Labute approximate surface area is 108 Å². The summed E-state index contributed by atoms with van der Waals surface area (Å²) in [6, 6.07) is 5.83. The van der Waals surface area contributed by atoms with E-state index >= 15 is 0 Å². The number of carbonyl (C=O) groups is 1. The summed E-state index contributed by atoms with van der Waals surface area (Å²) < 4.78 is 0. The molecule has 0 aliphatic carbocycles. The highest BCUT2D eigenvalue weighted by molar-refractivity contribution is 5.93. The highest BCUT2D eigenvalue weighted by Gasteiger charge is 2.24. The second-order valence-electron chi connectivity index (χ2n) is 4.87. The number of nitrogens with two attached hydrogens (primary N) is 1. The van der Waals surface area contributed by atoms with Crippen LogP contribution in [0, 0.1) is 0 Å². The van der Waals surface area contributed by atoms with Gasteiger partial charge in [-0.2, -0.15) is 0 Å². The number of amides is 1. The molecule has 0 saturated heterocycles. The van der Waals surface area contributed by atoms with Gasteiger partial charge in [-0.25, -0.2) is 0 Å². The highest BCUT2D eigenvalue weighted by Crippen LogP contribution is 2.31. The summed E-state index contributed by atoms with van der Waals surface area (Å²) in [5, 5.41) is 0. The molecule has 0 aromatic heterocycles. The van der Waals surface area contributed by atoms with E-state index < -0.39 is 0 Å². The largest absolute Gasteiger partial charge is 0.366 e. The fourth-order valence-corrected chi connectivity index (χ4v) is 2.66. The minimum absolute atomic E-state index is 0.346. The number of hydrogen-bond donors (Lipinski definition) is 1. The first-order valence-electron chi connectivity index (χ1n) is 6.41. The minimum atomic E-state index is -0.346. The molecule has 1 atom stereocenters. The summed E-state index contributed by atoms with van der Waals surface area (Å²) in [6.45, 7) is 8.84. The summed E-state index contributed by atoms with van der Waals surface area (Å²) >= 11 is 0. The van der Waals surface area contributed by atoms with E-state index in [1.165, 1.54) is 11.1 Å². The fourth-order valence-electron chi connectivity index (χ4n) is 2.66. The van der Waals surface area contributed by atoms with Crippen LogP contribution in [-0.4, -0.2) is 23.9 Å². The molecule has 1 aromatic carbocycles. The number of carbonyl (C=O) groups excluding carboxylic acids is 1. The van der Waals surface area contributed by atoms with Crippen LogP contribution < -0.4 is 5.73 Å². The molecule has 1 aromatic rings. The van der Waals surface area contributed by atoms with Crippen LogP contribution in [0.4, 0.5) is 0 Å². The quantitative estimate of drug-likeness (QED) is 0.826. The van der Waals surface area contributed by atoms with Crippen molar-refractivity contribution in [2.75, 3.05) is 13.1 Å². The second-order valence-corrected chi connectivity index (χ2v) is 4.87. The Kier molecular flexibility index (Phi) is 3.82. The summed E-state index contributed by atoms with van der Waals surface area (Å²) in [5.41, 5.74) is 8.55. The molecule has 1 heterocycles. The van der Waals surface area contributed by atoms with Gasteiger partial charge in [0.15, 0.2) is 0 Å². The molecule has 0 bridgehead atoms. The van der Waals surface area contributed by atoms with Crippen LogP contribution in [0.3, 0.4) is 0 Å². The average molecular weight is 244 g/mol. The smallest absolute Gasteiger partial charge is 0.248 e. The number of nitrogens with zero attached hydrogens (tertiary/aromatic N) is 1. The van der Waals surface area contributed by atoms with Crippen molar-refractivity contribution in [2.24, 2.45) is 5.73 Å². The van der Waals surface area contributed by atoms with Crippen LogP contribution in [-0.2, 0) is 6.54 Å². The summed E-state index contributed by atoms with van der Waals surface area (Å²) in [5.74, 6) is 0.133. The number of rotatable bonds is 4. The van der Waals surface area contributed by atoms with Crippen molar-refractivity contribution in [3.63, 3.8) is 0 Å². The lowest BCUT2D eigenvalue weighted by atomic mass is 9.86. The molecule has 0 spiro atoms. The van der Waals surface area contributed by atoms with E-state index in [2.05, 4.69) is 18.4 Å². The van der Waals surface area contributed by atoms with Gasteiger partial charge in [-0.3, -0.25) is 9.69 Å². The van der Waals surface area contributed by atoms with Gasteiger partial charge in [-0.05, 0) is 35.6 Å². The predicted molar refractivity (Wildman–Crippen MR) is 73.5 cm³/mol. The Morgan fingerprint density at radius 1 is 1.61 bits per heavy atom. The Morgan fingerprint density at radius 3 is 3.00 bits per heavy atom. The van der Waals surface area contributed by atoms with Crippen LogP contribution in [0.15, 0.2) is 30.9 Å². The Bertz CT molecular complexity index is 468. The van der Waals surface area contributed by atoms with Gasteiger partial charge in [0.05, 0.1) is 0 Å². The van der Waals surface area contributed by atoms with E-state index in [4.69, 9.17) is 5.73 Å². The number of hydrogen-bond acceptors (Lipinski definition) is 2. The molecule has 1 aliphatic rings. The van der Waals surface area contributed by atoms with Gasteiger partial charge < -0.3 is 5.73 Å².